The Morgan fingerprint density at radius 1 is 1.25 bits per heavy atom. The first-order valence-electron chi connectivity index (χ1n) is 0.200. The Morgan fingerprint density at radius 3 is 1.25 bits per heavy atom. The van der Waals surface area contributed by atoms with Crippen molar-refractivity contribution in [3.63, 3.8) is 0 Å². The summed E-state index contributed by atoms with van der Waals surface area (Å²) >= 11 is 0.750. The topological polar surface area (TPSA) is 56.7 Å². The quantitative estimate of drug-likeness (QED) is 0.421. The summed E-state index contributed by atoms with van der Waals surface area (Å²) in [6.45, 7) is 0. The van der Waals surface area contributed by atoms with Crippen LogP contribution in [0.15, 0.2) is 0 Å². The van der Waals surface area contributed by atoms with E-state index in [0.29, 0.717) is 0 Å². The monoisotopic (exact) mass is 235 g/mol. The Balaban J connectivity index is -0.00000000500. The zero-order valence-electron chi connectivity index (χ0n) is 2.27. The van der Waals surface area contributed by atoms with Gasteiger partial charge in [0.05, 0.1) is 0 Å². The van der Waals surface area contributed by atoms with Gasteiger partial charge < -0.3 is 23.1 Å². The number of halogens is 1. The summed E-state index contributed by atoms with van der Waals surface area (Å²) in [6.07, 6.45) is 0. The van der Waals surface area contributed by atoms with E-state index in [0.717, 1.165) is 23.4 Å². The molecule has 0 amide bonds. The molecule has 4 heavy (non-hydrogen) atoms. The van der Waals surface area contributed by atoms with Crippen LogP contribution in [0.3, 0.4) is 0 Å². The van der Waals surface area contributed by atoms with Crippen LogP contribution in [0, 0.1) is 0 Å². The van der Waals surface area contributed by atoms with E-state index >= 15 is 0 Å². The van der Waals surface area contributed by atoms with Gasteiger partial charge in [-0.15, -0.1) is 0 Å². The van der Waals surface area contributed by atoms with Crippen LogP contribution in [-0.4, -0.2) is 26.8 Å². The summed E-state index contributed by atoms with van der Waals surface area (Å²) in [6, 6.07) is 0. The first-order chi connectivity index (χ1) is 1.00. The number of quaternary nitrogens is 1. The summed E-state index contributed by atoms with van der Waals surface area (Å²) in [7, 11) is 0. The van der Waals surface area contributed by atoms with Crippen LogP contribution in [0.25, 0.3) is 0 Å². The molecule has 0 rings (SSSR count). The molecule has 0 unspecified atom stereocenters. The molecule has 0 fully saturated rings. The average Bonchev–Trinajstić information content (AvgIpc) is 1.00. The molecule has 4 heteroatoms. The molecule has 0 aliphatic carbocycles. The van der Waals surface area contributed by atoms with Crippen molar-refractivity contribution in [2.75, 3.05) is 0 Å². The van der Waals surface area contributed by atoms with Crippen molar-refractivity contribution in [1.82, 2.24) is 6.15 Å². The first kappa shape index (κ1) is 18.9. The molecule has 0 spiro atoms. The van der Waals surface area contributed by atoms with Gasteiger partial charge in [-0.1, -0.05) is 0 Å². The van der Waals surface area contributed by atoms with Crippen molar-refractivity contribution in [1.29, 1.82) is 0 Å². The Kier molecular flexibility index (Phi) is 139. The molecule has 28 valence electrons. The van der Waals surface area contributed by atoms with Gasteiger partial charge in [-0.2, -0.15) is 0 Å². The van der Waals surface area contributed by atoms with E-state index in [2.05, 4.69) is 0 Å². The molecular formula is H5BrNOSb. The Labute approximate surface area is 50.0 Å². The fourth-order valence-electron chi connectivity index (χ4n) is 0. The van der Waals surface area contributed by atoms with Gasteiger partial charge in [-0.3, -0.25) is 0 Å². The van der Waals surface area contributed by atoms with Crippen LogP contribution in [0.4, 0.5) is 0 Å². The van der Waals surface area contributed by atoms with Gasteiger partial charge in [0.2, 0.25) is 0 Å². The van der Waals surface area contributed by atoms with Crippen molar-refractivity contribution in [2.45, 2.75) is 0 Å². The third-order valence-corrected chi connectivity index (χ3v) is 0. The molecule has 0 aromatic carbocycles. The van der Waals surface area contributed by atoms with Crippen LogP contribution < -0.4 is 23.1 Å². The molecule has 2 radical (unpaired) electrons. The Hall–Kier alpha value is 1.22. The fourth-order valence-corrected chi connectivity index (χ4v) is 0. The van der Waals surface area contributed by atoms with Gasteiger partial charge in [0.25, 0.3) is 0 Å². The number of hydrogen-bond acceptors (Lipinski definition) is 1. The molecule has 5 N–H and O–H groups in total. The van der Waals surface area contributed by atoms with Crippen molar-refractivity contribution < 1.29 is 20.4 Å². The average molecular weight is 237 g/mol. The second-order valence-electron chi connectivity index (χ2n) is 0. The maximum absolute atomic E-state index is 7.05. The SMILES string of the molecule is [Br-].[NH4+].[OH][Sb]. The molecular weight excluding hydrogens is 232 g/mol. The van der Waals surface area contributed by atoms with Gasteiger partial charge >= 0.3 is 26.8 Å². The van der Waals surface area contributed by atoms with E-state index in [-0.39, 0.29) is 23.1 Å². The molecule has 0 aliphatic rings. The Morgan fingerprint density at radius 2 is 1.25 bits per heavy atom. The van der Waals surface area contributed by atoms with Crippen molar-refractivity contribution >= 4 is 23.4 Å². The number of rotatable bonds is 0. The Bertz CT molecular complexity index is 8.00. The molecule has 0 heterocycles. The van der Waals surface area contributed by atoms with Crippen LogP contribution in [0.2, 0.25) is 0 Å². The number of hydrogen-bond donors (Lipinski definition) is 2. The second-order valence-corrected chi connectivity index (χ2v) is 0. The molecule has 0 aromatic heterocycles. The zero-order chi connectivity index (χ0) is 2.00. The predicted molar refractivity (Wildman–Crippen MR) is 14.0 cm³/mol. The van der Waals surface area contributed by atoms with Crippen LogP contribution in [-0.2, 0) is 0 Å². The van der Waals surface area contributed by atoms with E-state index in [9.17, 15) is 0 Å². The van der Waals surface area contributed by atoms with E-state index in [1.807, 2.05) is 0 Å². The summed E-state index contributed by atoms with van der Waals surface area (Å²) in [5.41, 5.74) is 0. The fraction of sp³-hybridized carbons (Fsp3) is 0. The summed E-state index contributed by atoms with van der Waals surface area (Å²) in [5.74, 6) is 0. The maximum atomic E-state index is 7.05. The van der Waals surface area contributed by atoms with Crippen molar-refractivity contribution in [3.8, 4) is 0 Å². The molecule has 0 aliphatic heterocycles. The van der Waals surface area contributed by atoms with Crippen molar-refractivity contribution in [3.05, 3.63) is 0 Å². The van der Waals surface area contributed by atoms with Gasteiger partial charge in [-0.25, -0.2) is 0 Å². The van der Waals surface area contributed by atoms with E-state index in [1.165, 1.54) is 0 Å². The van der Waals surface area contributed by atoms with Crippen LogP contribution in [0.1, 0.15) is 0 Å². The minimum atomic E-state index is 0. The van der Waals surface area contributed by atoms with E-state index in [4.69, 9.17) is 3.39 Å². The normalized spacial score (nSPS) is 1.50. The molecule has 2 nitrogen and oxygen atoms in total. The van der Waals surface area contributed by atoms with Gasteiger partial charge in [-0.05, 0) is 0 Å². The van der Waals surface area contributed by atoms with E-state index < -0.39 is 0 Å². The van der Waals surface area contributed by atoms with Crippen molar-refractivity contribution in [2.24, 2.45) is 0 Å². The van der Waals surface area contributed by atoms with Gasteiger partial charge in [0, 0.05) is 0 Å². The van der Waals surface area contributed by atoms with E-state index in [1.54, 1.807) is 0 Å². The predicted octanol–water partition coefficient (Wildman–Crippen LogP) is -3.56. The van der Waals surface area contributed by atoms with Crippen LogP contribution in [0.5, 0.6) is 0 Å². The summed E-state index contributed by atoms with van der Waals surface area (Å²) in [5, 5.41) is 0. The molecule has 0 bridgehead atoms. The second kappa shape index (κ2) is 29.4. The molecule has 0 saturated heterocycles. The van der Waals surface area contributed by atoms with Gasteiger partial charge in [0.15, 0.2) is 0 Å². The molecule has 0 saturated carbocycles. The zero-order valence-corrected chi connectivity index (χ0v) is 6.41. The third-order valence-electron chi connectivity index (χ3n) is 0. The third kappa shape index (κ3) is 10.7. The first-order valence-corrected chi connectivity index (χ1v) is 1.34. The van der Waals surface area contributed by atoms with Gasteiger partial charge in [0.1, 0.15) is 0 Å². The summed E-state index contributed by atoms with van der Waals surface area (Å²) in [4.78, 5) is 0. The standard InChI is InChI=1S/BrH.H3N.H2O.Sb/h1H;1H3;1H2;/q;;;+1/p-1. The molecule has 0 atom stereocenters. The van der Waals surface area contributed by atoms with Crippen LogP contribution >= 0.6 is 0 Å². The molecule has 0 aromatic rings. The minimum absolute atomic E-state index is 0. The summed E-state index contributed by atoms with van der Waals surface area (Å²) < 4.78 is 7.05.